The fraction of sp³-hybridized carbons (Fsp3) is 0.625. The van der Waals surface area contributed by atoms with E-state index in [4.69, 9.17) is 5.73 Å². The molecule has 21 heavy (non-hydrogen) atoms. The van der Waals surface area contributed by atoms with Crippen molar-refractivity contribution in [1.29, 1.82) is 0 Å². The number of hydrogen-bond acceptors (Lipinski definition) is 4. The third-order valence-corrected chi connectivity index (χ3v) is 6.72. The molecule has 1 aromatic rings. The average Bonchev–Trinajstić information content (AvgIpc) is 2.71. The fourth-order valence-electron chi connectivity index (χ4n) is 3.69. The summed E-state index contributed by atoms with van der Waals surface area (Å²) in [6, 6.07) is 8.52. The van der Waals surface area contributed by atoms with Crippen molar-refractivity contribution in [2.24, 2.45) is 5.73 Å². The second-order valence-corrected chi connectivity index (χ2v) is 8.62. The van der Waals surface area contributed by atoms with E-state index in [1.54, 1.807) is 0 Å². The van der Waals surface area contributed by atoms with Crippen LogP contribution in [0.5, 0.6) is 0 Å². The minimum Gasteiger partial charge on any atom is -0.364 e. The lowest BCUT2D eigenvalue weighted by molar-refractivity contribution is 0.355. The number of anilines is 1. The summed E-state index contributed by atoms with van der Waals surface area (Å²) >= 11 is 0. The normalized spacial score (nSPS) is 24.1. The van der Waals surface area contributed by atoms with Gasteiger partial charge in [0, 0.05) is 18.8 Å². The van der Waals surface area contributed by atoms with Gasteiger partial charge in [-0.1, -0.05) is 18.2 Å². The molecular weight excluding hydrogens is 284 g/mol. The van der Waals surface area contributed by atoms with Crippen LogP contribution in [0.4, 0.5) is 5.69 Å². The number of para-hydroxylation sites is 1. The molecule has 4 nitrogen and oxygen atoms in total. The third kappa shape index (κ3) is 2.81. The Labute approximate surface area is 127 Å². The summed E-state index contributed by atoms with van der Waals surface area (Å²) in [4.78, 5) is 2.42. The van der Waals surface area contributed by atoms with Crippen LogP contribution >= 0.6 is 0 Å². The van der Waals surface area contributed by atoms with Crippen molar-refractivity contribution in [2.75, 3.05) is 29.5 Å². The first-order valence-electron chi connectivity index (χ1n) is 7.82. The van der Waals surface area contributed by atoms with Gasteiger partial charge < -0.3 is 10.6 Å². The first-order chi connectivity index (χ1) is 10.1. The van der Waals surface area contributed by atoms with Crippen molar-refractivity contribution in [1.82, 2.24) is 0 Å². The standard InChI is InChI=1S/C16H24N2O2S/c17-13-16(8-11-21(19,20)12-9-16)18-10-4-3-6-14-5-1-2-7-15(14)18/h1-2,5,7H,3-4,6,8-13,17H2. The molecule has 0 amide bonds. The number of aryl methyl sites for hydroxylation is 1. The van der Waals surface area contributed by atoms with Gasteiger partial charge in [0.25, 0.3) is 0 Å². The molecule has 0 atom stereocenters. The second-order valence-electron chi connectivity index (χ2n) is 6.32. The maximum atomic E-state index is 11.8. The van der Waals surface area contributed by atoms with Gasteiger partial charge in [0.05, 0.1) is 17.0 Å². The largest absolute Gasteiger partial charge is 0.364 e. The summed E-state index contributed by atoms with van der Waals surface area (Å²) in [5.74, 6) is 0.533. The number of sulfone groups is 1. The van der Waals surface area contributed by atoms with E-state index in [1.807, 2.05) is 0 Å². The zero-order chi connectivity index (χ0) is 14.9. The van der Waals surface area contributed by atoms with E-state index in [9.17, 15) is 8.42 Å². The second kappa shape index (κ2) is 5.61. The third-order valence-electron chi connectivity index (χ3n) is 5.07. The minimum atomic E-state index is -2.87. The van der Waals surface area contributed by atoms with E-state index in [0.29, 0.717) is 19.4 Å². The highest BCUT2D eigenvalue weighted by Crippen LogP contribution is 2.37. The first kappa shape index (κ1) is 14.9. The van der Waals surface area contributed by atoms with E-state index < -0.39 is 9.84 Å². The van der Waals surface area contributed by atoms with Crippen LogP contribution in [-0.2, 0) is 16.3 Å². The summed E-state index contributed by atoms with van der Waals surface area (Å²) in [7, 11) is -2.87. The molecule has 2 N–H and O–H groups in total. The lowest BCUT2D eigenvalue weighted by Crippen LogP contribution is -2.58. The molecule has 2 heterocycles. The molecule has 2 aliphatic rings. The molecule has 0 radical (unpaired) electrons. The predicted molar refractivity (Wildman–Crippen MR) is 86.4 cm³/mol. The van der Waals surface area contributed by atoms with Gasteiger partial charge >= 0.3 is 0 Å². The van der Waals surface area contributed by atoms with E-state index in [2.05, 4.69) is 29.2 Å². The molecule has 3 rings (SSSR count). The molecule has 1 fully saturated rings. The number of fused-ring (bicyclic) bond motifs is 1. The topological polar surface area (TPSA) is 63.4 Å². The van der Waals surface area contributed by atoms with Crippen LogP contribution in [0.3, 0.4) is 0 Å². The lowest BCUT2D eigenvalue weighted by Gasteiger charge is -2.47. The van der Waals surface area contributed by atoms with Crippen LogP contribution in [0.2, 0.25) is 0 Å². The Bertz CT molecular complexity index is 598. The van der Waals surface area contributed by atoms with Crippen LogP contribution < -0.4 is 10.6 Å². The Balaban J connectivity index is 1.97. The molecule has 0 aliphatic carbocycles. The summed E-state index contributed by atoms with van der Waals surface area (Å²) in [5, 5.41) is 0. The van der Waals surface area contributed by atoms with E-state index in [0.717, 1.165) is 19.4 Å². The smallest absolute Gasteiger partial charge is 0.150 e. The highest BCUT2D eigenvalue weighted by Gasteiger charge is 2.41. The molecule has 0 saturated carbocycles. The number of nitrogens with two attached hydrogens (primary N) is 1. The summed E-state index contributed by atoms with van der Waals surface area (Å²) in [6.07, 6.45) is 4.74. The monoisotopic (exact) mass is 308 g/mol. The van der Waals surface area contributed by atoms with Gasteiger partial charge in [-0.25, -0.2) is 8.42 Å². The molecular formula is C16H24N2O2S. The molecule has 5 heteroatoms. The maximum absolute atomic E-state index is 11.8. The van der Waals surface area contributed by atoms with Crippen molar-refractivity contribution in [3.05, 3.63) is 29.8 Å². The summed E-state index contributed by atoms with van der Waals surface area (Å²) in [6.45, 7) is 1.51. The van der Waals surface area contributed by atoms with Crippen molar-refractivity contribution < 1.29 is 8.42 Å². The van der Waals surface area contributed by atoms with E-state index >= 15 is 0 Å². The van der Waals surface area contributed by atoms with E-state index in [-0.39, 0.29) is 17.0 Å². The highest BCUT2D eigenvalue weighted by atomic mass is 32.2. The summed E-state index contributed by atoms with van der Waals surface area (Å²) in [5.41, 5.74) is 8.58. The Morgan fingerprint density at radius 2 is 1.86 bits per heavy atom. The predicted octanol–water partition coefficient (Wildman–Crippen LogP) is 1.74. The number of nitrogens with zero attached hydrogens (tertiary/aromatic N) is 1. The van der Waals surface area contributed by atoms with Crippen LogP contribution in [0.25, 0.3) is 0 Å². The molecule has 1 aromatic carbocycles. The van der Waals surface area contributed by atoms with Crippen LogP contribution in [0, 0.1) is 0 Å². The first-order valence-corrected chi connectivity index (χ1v) is 9.65. The van der Waals surface area contributed by atoms with Crippen molar-refractivity contribution in [3.63, 3.8) is 0 Å². The van der Waals surface area contributed by atoms with Gasteiger partial charge in [0.1, 0.15) is 0 Å². The van der Waals surface area contributed by atoms with Gasteiger partial charge in [-0.3, -0.25) is 0 Å². The Morgan fingerprint density at radius 3 is 2.57 bits per heavy atom. The molecule has 2 aliphatic heterocycles. The Kier molecular flexibility index (Phi) is 3.97. The SMILES string of the molecule is NCC1(N2CCCCc3ccccc32)CCS(=O)(=O)CC1. The van der Waals surface area contributed by atoms with Gasteiger partial charge in [0.15, 0.2) is 9.84 Å². The fourth-order valence-corrected chi connectivity index (χ4v) is 5.27. The number of rotatable bonds is 2. The minimum absolute atomic E-state index is 0.189. The molecule has 0 spiro atoms. The van der Waals surface area contributed by atoms with Gasteiger partial charge in [0.2, 0.25) is 0 Å². The Morgan fingerprint density at radius 1 is 1.14 bits per heavy atom. The molecule has 1 saturated heterocycles. The van der Waals surface area contributed by atoms with Crippen molar-refractivity contribution >= 4 is 15.5 Å². The highest BCUT2D eigenvalue weighted by molar-refractivity contribution is 7.91. The van der Waals surface area contributed by atoms with Crippen LogP contribution in [0.1, 0.15) is 31.2 Å². The molecule has 0 unspecified atom stereocenters. The summed E-state index contributed by atoms with van der Waals surface area (Å²) < 4.78 is 23.6. The average molecular weight is 308 g/mol. The maximum Gasteiger partial charge on any atom is 0.150 e. The molecule has 0 aromatic heterocycles. The van der Waals surface area contributed by atoms with Gasteiger partial charge in [-0.15, -0.1) is 0 Å². The Hall–Kier alpha value is -1.07. The number of benzene rings is 1. The van der Waals surface area contributed by atoms with Crippen LogP contribution in [0.15, 0.2) is 24.3 Å². The van der Waals surface area contributed by atoms with Gasteiger partial charge in [-0.05, 0) is 43.7 Å². The zero-order valence-electron chi connectivity index (χ0n) is 12.4. The lowest BCUT2D eigenvalue weighted by atomic mass is 9.89. The van der Waals surface area contributed by atoms with Crippen molar-refractivity contribution in [2.45, 2.75) is 37.6 Å². The molecule has 0 bridgehead atoms. The zero-order valence-corrected chi connectivity index (χ0v) is 13.2. The van der Waals surface area contributed by atoms with Crippen molar-refractivity contribution in [3.8, 4) is 0 Å². The van der Waals surface area contributed by atoms with Crippen LogP contribution in [-0.4, -0.2) is 38.6 Å². The number of hydrogen-bond donors (Lipinski definition) is 1. The molecule has 116 valence electrons. The quantitative estimate of drug-likeness (QED) is 0.904. The van der Waals surface area contributed by atoms with Gasteiger partial charge in [-0.2, -0.15) is 0 Å². The van der Waals surface area contributed by atoms with E-state index in [1.165, 1.54) is 17.7 Å².